The molecule has 0 unspecified atom stereocenters. The van der Waals surface area contributed by atoms with Crippen molar-refractivity contribution in [2.45, 2.75) is 32.3 Å². The van der Waals surface area contributed by atoms with Gasteiger partial charge in [0.1, 0.15) is 0 Å². The number of piperidine rings is 1. The highest BCUT2D eigenvalue weighted by atomic mass is 32.1. The average Bonchev–Trinajstić information content (AvgIpc) is 2.85. The van der Waals surface area contributed by atoms with E-state index in [9.17, 15) is 15.0 Å². The van der Waals surface area contributed by atoms with E-state index in [1.807, 2.05) is 17.2 Å². The third-order valence-corrected chi connectivity index (χ3v) is 4.50. The maximum absolute atomic E-state index is 11.5. The first-order valence-corrected chi connectivity index (χ1v) is 7.04. The fourth-order valence-corrected chi connectivity index (χ4v) is 3.30. The Kier molecular flexibility index (Phi) is 3.87. The van der Waals surface area contributed by atoms with E-state index in [1.54, 1.807) is 6.20 Å². The molecule has 1 aliphatic rings. The van der Waals surface area contributed by atoms with E-state index in [0.717, 1.165) is 11.6 Å². The molecular formula is C12H18N2O3S. The van der Waals surface area contributed by atoms with Gasteiger partial charge in [-0.3, -0.25) is 4.79 Å². The second kappa shape index (κ2) is 5.24. The van der Waals surface area contributed by atoms with Crippen LogP contribution in [0.15, 0.2) is 11.6 Å². The van der Waals surface area contributed by atoms with Crippen molar-refractivity contribution in [1.82, 2.24) is 4.98 Å². The first-order chi connectivity index (χ1) is 8.60. The van der Waals surface area contributed by atoms with Gasteiger partial charge in [0.05, 0.1) is 11.5 Å². The molecule has 100 valence electrons. The van der Waals surface area contributed by atoms with Gasteiger partial charge in [-0.25, -0.2) is 4.98 Å². The van der Waals surface area contributed by atoms with Crippen LogP contribution in [0.5, 0.6) is 0 Å². The highest BCUT2D eigenvalue weighted by Gasteiger charge is 2.48. The predicted octanol–water partition coefficient (Wildman–Crippen LogP) is 1.59. The Hall–Kier alpha value is -1.14. The lowest BCUT2D eigenvalue weighted by molar-refractivity contribution is -0.159. The molecule has 0 aromatic carbocycles. The predicted molar refractivity (Wildman–Crippen MR) is 69.9 cm³/mol. The summed E-state index contributed by atoms with van der Waals surface area (Å²) in [6.07, 6.45) is 2.64. The molecule has 0 radical (unpaired) electrons. The van der Waals surface area contributed by atoms with Crippen LogP contribution in [0.3, 0.4) is 0 Å². The van der Waals surface area contributed by atoms with Crippen LogP contribution in [-0.4, -0.2) is 40.4 Å². The number of rotatable bonds is 4. The fraction of sp³-hybridized carbons (Fsp3) is 0.667. The van der Waals surface area contributed by atoms with Crippen molar-refractivity contribution < 1.29 is 15.0 Å². The third kappa shape index (κ3) is 2.22. The fourth-order valence-electron chi connectivity index (χ4n) is 2.62. The molecule has 2 N–H and O–H groups in total. The number of aliphatic hydroxyl groups excluding tert-OH is 1. The van der Waals surface area contributed by atoms with Crippen molar-refractivity contribution in [2.75, 3.05) is 18.0 Å². The summed E-state index contributed by atoms with van der Waals surface area (Å²) in [6, 6.07) is 0. The Morgan fingerprint density at radius 1 is 1.72 bits per heavy atom. The molecule has 0 saturated carbocycles. The summed E-state index contributed by atoms with van der Waals surface area (Å²) in [4.78, 5) is 17.6. The summed E-state index contributed by atoms with van der Waals surface area (Å²) in [7, 11) is 0. The lowest BCUT2D eigenvalue weighted by Gasteiger charge is -2.42. The number of nitrogens with zero attached hydrogens (tertiary/aromatic N) is 2. The van der Waals surface area contributed by atoms with Crippen LogP contribution in [0.2, 0.25) is 0 Å². The largest absolute Gasteiger partial charge is 0.481 e. The number of carbonyl (C=O) groups is 1. The monoisotopic (exact) mass is 270 g/mol. The standard InChI is InChI=1S/C12H18N2O3S/c1-2-3-12(10(16)17)4-6-14(8-9(12)15)11-13-5-7-18-11/h5,7,9,15H,2-4,6,8H2,1H3,(H,16,17)/t9-,12-/m0/s1. The molecule has 1 aromatic rings. The highest BCUT2D eigenvalue weighted by molar-refractivity contribution is 7.13. The number of anilines is 1. The third-order valence-electron chi connectivity index (χ3n) is 3.67. The minimum absolute atomic E-state index is 0.347. The number of aliphatic hydroxyl groups is 1. The molecule has 1 aromatic heterocycles. The highest BCUT2D eigenvalue weighted by Crippen LogP contribution is 2.38. The van der Waals surface area contributed by atoms with Crippen LogP contribution in [0, 0.1) is 5.41 Å². The van der Waals surface area contributed by atoms with Crippen LogP contribution in [0.4, 0.5) is 5.13 Å². The minimum Gasteiger partial charge on any atom is -0.481 e. The Labute approximate surface area is 110 Å². The molecule has 2 heterocycles. The quantitative estimate of drug-likeness (QED) is 0.869. The zero-order valence-electron chi connectivity index (χ0n) is 10.4. The van der Waals surface area contributed by atoms with E-state index >= 15 is 0 Å². The first kappa shape index (κ1) is 13.3. The molecule has 0 aliphatic carbocycles. The molecule has 0 amide bonds. The van der Waals surface area contributed by atoms with Gasteiger partial charge >= 0.3 is 5.97 Å². The van der Waals surface area contributed by atoms with Gasteiger partial charge in [0.2, 0.25) is 0 Å². The molecule has 0 bridgehead atoms. The van der Waals surface area contributed by atoms with E-state index in [0.29, 0.717) is 25.9 Å². The molecular weight excluding hydrogens is 252 g/mol. The van der Waals surface area contributed by atoms with Crippen molar-refractivity contribution in [3.8, 4) is 0 Å². The first-order valence-electron chi connectivity index (χ1n) is 6.16. The lowest BCUT2D eigenvalue weighted by Crippen LogP contribution is -2.54. The Morgan fingerprint density at radius 3 is 3.00 bits per heavy atom. The van der Waals surface area contributed by atoms with Crippen molar-refractivity contribution in [2.24, 2.45) is 5.41 Å². The molecule has 1 fully saturated rings. The maximum Gasteiger partial charge on any atom is 0.312 e. The molecule has 18 heavy (non-hydrogen) atoms. The van der Waals surface area contributed by atoms with Gasteiger partial charge in [-0.1, -0.05) is 13.3 Å². The van der Waals surface area contributed by atoms with E-state index in [2.05, 4.69) is 4.98 Å². The Morgan fingerprint density at radius 2 is 2.50 bits per heavy atom. The minimum atomic E-state index is -0.984. The van der Waals surface area contributed by atoms with E-state index < -0.39 is 17.5 Å². The molecule has 1 saturated heterocycles. The summed E-state index contributed by atoms with van der Waals surface area (Å²) in [6.45, 7) is 2.93. The van der Waals surface area contributed by atoms with Gasteiger partial charge in [-0.2, -0.15) is 0 Å². The summed E-state index contributed by atoms with van der Waals surface area (Å²) in [5, 5.41) is 22.4. The summed E-state index contributed by atoms with van der Waals surface area (Å²) in [5.41, 5.74) is -0.984. The van der Waals surface area contributed by atoms with Gasteiger partial charge in [0, 0.05) is 24.7 Å². The maximum atomic E-state index is 11.5. The smallest absolute Gasteiger partial charge is 0.312 e. The zero-order chi connectivity index (χ0) is 13.2. The summed E-state index contributed by atoms with van der Waals surface area (Å²) in [5.74, 6) is -0.879. The number of carboxylic acids is 1. The lowest BCUT2D eigenvalue weighted by atomic mass is 9.73. The number of aromatic nitrogens is 1. The molecule has 2 atom stereocenters. The van der Waals surface area contributed by atoms with Gasteiger partial charge in [0.25, 0.3) is 0 Å². The zero-order valence-corrected chi connectivity index (χ0v) is 11.2. The normalized spacial score (nSPS) is 28.3. The van der Waals surface area contributed by atoms with E-state index in [-0.39, 0.29) is 0 Å². The van der Waals surface area contributed by atoms with Crippen molar-refractivity contribution >= 4 is 22.4 Å². The van der Waals surface area contributed by atoms with Crippen molar-refractivity contribution in [3.63, 3.8) is 0 Å². The topological polar surface area (TPSA) is 73.7 Å². The van der Waals surface area contributed by atoms with Gasteiger partial charge in [-0.15, -0.1) is 11.3 Å². The van der Waals surface area contributed by atoms with E-state index in [4.69, 9.17) is 0 Å². The number of hydrogen-bond acceptors (Lipinski definition) is 5. The molecule has 1 aliphatic heterocycles. The average molecular weight is 270 g/mol. The summed E-state index contributed by atoms with van der Waals surface area (Å²) < 4.78 is 0. The van der Waals surface area contributed by atoms with Crippen LogP contribution in [0.25, 0.3) is 0 Å². The second-order valence-electron chi connectivity index (χ2n) is 4.74. The number of carboxylic acid groups (broad SMARTS) is 1. The van der Waals surface area contributed by atoms with Gasteiger partial charge in [-0.05, 0) is 12.8 Å². The molecule has 2 rings (SSSR count). The van der Waals surface area contributed by atoms with Crippen LogP contribution in [-0.2, 0) is 4.79 Å². The van der Waals surface area contributed by atoms with Crippen LogP contribution in [0.1, 0.15) is 26.2 Å². The Bertz CT molecular complexity index is 409. The number of thiazole rings is 1. The van der Waals surface area contributed by atoms with E-state index in [1.165, 1.54) is 11.3 Å². The van der Waals surface area contributed by atoms with Crippen molar-refractivity contribution in [1.29, 1.82) is 0 Å². The number of hydrogen-bond donors (Lipinski definition) is 2. The SMILES string of the molecule is CCC[C@]1(C(=O)O)CCN(c2nccs2)C[C@@H]1O. The van der Waals surface area contributed by atoms with Crippen molar-refractivity contribution in [3.05, 3.63) is 11.6 Å². The summed E-state index contributed by atoms with van der Waals surface area (Å²) >= 11 is 1.51. The number of β-amino-alcohol motifs (C(OH)–C–C–N with tert-alkyl or cyclic N) is 1. The molecule has 0 spiro atoms. The number of aliphatic carboxylic acids is 1. The van der Waals surface area contributed by atoms with Crippen LogP contribution < -0.4 is 4.90 Å². The van der Waals surface area contributed by atoms with Gasteiger partial charge < -0.3 is 15.1 Å². The molecule has 6 heteroatoms. The Balaban J connectivity index is 2.14. The van der Waals surface area contributed by atoms with Gasteiger partial charge in [0.15, 0.2) is 5.13 Å². The second-order valence-corrected chi connectivity index (χ2v) is 5.61. The molecule has 5 nitrogen and oxygen atoms in total. The van der Waals surface area contributed by atoms with Crippen LogP contribution >= 0.6 is 11.3 Å².